The van der Waals surface area contributed by atoms with E-state index in [9.17, 15) is 19.5 Å². The third kappa shape index (κ3) is 10.8. The summed E-state index contributed by atoms with van der Waals surface area (Å²) < 4.78 is 19.3. The third-order valence-electron chi connectivity index (χ3n) is 10.8. The molecule has 33 nitrogen and oxygen atoms in total. The summed E-state index contributed by atoms with van der Waals surface area (Å²) in [5, 5.41) is 55.5. The van der Waals surface area contributed by atoms with Gasteiger partial charge in [-0.15, -0.1) is 20.5 Å². The van der Waals surface area contributed by atoms with Crippen molar-refractivity contribution < 1.29 is 29.0 Å². The van der Waals surface area contributed by atoms with Crippen molar-refractivity contribution in [3.05, 3.63) is 94.5 Å². The monoisotopic (exact) mass is 1040 g/mol. The summed E-state index contributed by atoms with van der Waals surface area (Å²) >= 11 is 0. The zero-order valence-electron chi connectivity index (χ0n) is 42.5. The van der Waals surface area contributed by atoms with Crippen LogP contribution in [0.1, 0.15) is 59.5 Å². The van der Waals surface area contributed by atoms with Crippen LogP contribution in [-0.2, 0) is 30.6 Å². The predicted octanol–water partition coefficient (Wildman–Crippen LogP) is 2.62. The number of ether oxygens (including phenoxy) is 2. The first kappa shape index (κ1) is 53.2. The van der Waals surface area contributed by atoms with Gasteiger partial charge in [-0.25, -0.2) is 38.9 Å². The van der Waals surface area contributed by atoms with Crippen molar-refractivity contribution in [1.82, 2.24) is 88.4 Å². The van der Waals surface area contributed by atoms with Crippen molar-refractivity contribution in [3.63, 3.8) is 0 Å². The number of Topliss-reactive ketones (excluding diaryl/α,β-unsaturated/α-hetero) is 1. The van der Waals surface area contributed by atoms with E-state index in [0.29, 0.717) is 51.7 Å². The van der Waals surface area contributed by atoms with Gasteiger partial charge in [0.15, 0.2) is 63.7 Å². The van der Waals surface area contributed by atoms with Crippen molar-refractivity contribution >= 4 is 69.8 Å². The largest absolute Gasteiger partial charge is 0.465 e. The minimum Gasteiger partial charge on any atom is -0.465 e. The lowest BCUT2D eigenvalue weighted by molar-refractivity contribution is 0.0592. The van der Waals surface area contributed by atoms with Gasteiger partial charge in [-0.05, 0) is 34.6 Å². The summed E-state index contributed by atoms with van der Waals surface area (Å²) in [6.07, 6.45) is 5.38. The molecule has 394 valence electrons. The molecular formula is C43H51N27O6. The summed E-state index contributed by atoms with van der Waals surface area (Å²) in [5.41, 5.74) is 34.0. The van der Waals surface area contributed by atoms with Gasteiger partial charge in [0.05, 0.1) is 60.6 Å². The number of carbonyl (C=O) groups excluding carboxylic acids is 3. The summed E-state index contributed by atoms with van der Waals surface area (Å²) in [6.45, 7) is 8.05. The highest BCUT2D eigenvalue weighted by molar-refractivity contribution is 6.00. The van der Waals surface area contributed by atoms with E-state index in [4.69, 9.17) is 33.4 Å². The van der Waals surface area contributed by atoms with E-state index >= 15 is 0 Å². The van der Waals surface area contributed by atoms with Gasteiger partial charge in [0.1, 0.15) is 47.8 Å². The van der Waals surface area contributed by atoms with E-state index in [2.05, 4.69) is 80.8 Å². The second kappa shape index (κ2) is 22.0. The Morgan fingerprint density at radius 3 is 1.39 bits per heavy atom. The SMILES string of the molecule is COC(=O)c1c(C)nn(C)c1N=Nc1c(C)nn(-c2cc(-n3nc(C)c(N=Nc4c(C(=O)CO)cnn4C)c3N)ncn2)c1N.COC(=O)c1cnn(C)c1N.Cc1cc(N)n(-c2cc(-n3nc(C)cc3N)ncn2)n1. The van der Waals surface area contributed by atoms with Gasteiger partial charge < -0.3 is 43.2 Å². The van der Waals surface area contributed by atoms with E-state index in [1.54, 1.807) is 75.5 Å². The van der Waals surface area contributed by atoms with Crippen LogP contribution >= 0.6 is 0 Å². The summed E-state index contributed by atoms with van der Waals surface area (Å²) in [5.74, 6) is 1.93. The zero-order valence-corrected chi connectivity index (χ0v) is 42.5. The topological polar surface area (TPSA) is 446 Å². The molecule has 0 unspecified atom stereocenters. The maximum atomic E-state index is 12.3. The van der Waals surface area contributed by atoms with Crippen molar-refractivity contribution in [3.8, 4) is 23.3 Å². The number of methoxy groups -OCH3 is 2. The molecule has 0 aliphatic heterocycles. The number of aryl methyl sites for hydroxylation is 8. The Bertz CT molecular complexity index is 3630. The number of hydrogen-bond donors (Lipinski definition) is 6. The van der Waals surface area contributed by atoms with Gasteiger partial charge in [0.25, 0.3) is 0 Å². The number of aliphatic hydroxyl groups excluding tert-OH is 1. The lowest BCUT2D eigenvalue weighted by Gasteiger charge is -2.06. The molecule has 9 heterocycles. The van der Waals surface area contributed by atoms with Crippen molar-refractivity contribution in [2.45, 2.75) is 34.6 Å². The summed E-state index contributed by atoms with van der Waals surface area (Å²) in [6, 6.07) is 6.82. The standard InChI is InChI=1S/C25H28N16O4.C12H14N8.C6H9N3O2/c1-11-18(25(44)45-6)24(39(5)35-11)34-32-20-13(3)37-41(22(20)27)17-7-16(28-10-29-17)40-21(26)19(12(2)36-40)31-33-23-14(15(43)9-42)8-30-38(23)4;1-7-3-9(13)19(17-7)11-5-12(16-6-15-11)20-10(14)4-8(2)18-20;1-9-5(7)4(3-8-9)6(10)11-2/h7-8,10,42H,9,26-27H2,1-6H3;3-6H,13-14H2,1-2H3;3H,7H2,1-2H3. The van der Waals surface area contributed by atoms with Crippen LogP contribution in [0, 0.1) is 34.6 Å². The minimum atomic E-state index is -0.700. The molecule has 9 aromatic rings. The number of hydrogen-bond acceptors (Lipinski definition) is 26. The highest BCUT2D eigenvalue weighted by Crippen LogP contribution is 2.34. The number of anilines is 5. The fraction of sp³-hybridized carbons (Fsp3) is 0.256. The number of aromatic nitrogens is 18. The lowest BCUT2D eigenvalue weighted by Crippen LogP contribution is -2.09. The van der Waals surface area contributed by atoms with Gasteiger partial charge in [-0.1, -0.05) is 0 Å². The summed E-state index contributed by atoms with van der Waals surface area (Å²) in [4.78, 5) is 52.1. The zero-order chi connectivity index (χ0) is 55.3. The maximum Gasteiger partial charge on any atom is 0.343 e. The van der Waals surface area contributed by atoms with E-state index in [1.807, 2.05) is 13.8 Å². The van der Waals surface area contributed by atoms with Gasteiger partial charge in [-0.3, -0.25) is 9.48 Å². The molecule has 0 aliphatic carbocycles. The molecule has 9 aromatic heterocycles. The molecule has 33 heteroatoms. The number of azo groups is 2. The Balaban J connectivity index is 0.000000220. The Morgan fingerprint density at radius 2 is 0.974 bits per heavy atom. The molecule has 0 saturated carbocycles. The normalized spacial score (nSPS) is 11.2. The van der Waals surface area contributed by atoms with Gasteiger partial charge >= 0.3 is 11.9 Å². The van der Waals surface area contributed by atoms with Crippen molar-refractivity contribution in [2.75, 3.05) is 49.5 Å². The fourth-order valence-corrected chi connectivity index (χ4v) is 7.06. The highest BCUT2D eigenvalue weighted by atomic mass is 16.5. The van der Waals surface area contributed by atoms with Crippen LogP contribution in [0.3, 0.4) is 0 Å². The quantitative estimate of drug-likeness (QED) is 0.0581. The summed E-state index contributed by atoms with van der Waals surface area (Å²) in [7, 11) is 7.43. The lowest BCUT2D eigenvalue weighted by atomic mass is 10.2. The Kier molecular flexibility index (Phi) is 15.4. The van der Waals surface area contributed by atoms with Crippen LogP contribution in [0.25, 0.3) is 23.3 Å². The molecule has 0 aliphatic rings. The number of rotatable bonds is 12. The average molecular weight is 1040 g/mol. The van der Waals surface area contributed by atoms with Crippen LogP contribution < -0.4 is 28.7 Å². The molecule has 0 fully saturated rings. The number of nitrogens with zero attached hydrogens (tertiary/aromatic N) is 22. The van der Waals surface area contributed by atoms with Crippen LogP contribution in [0.15, 0.2) is 69.8 Å². The smallest absolute Gasteiger partial charge is 0.343 e. The van der Waals surface area contributed by atoms with Crippen molar-refractivity contribution in [1.29, 1.82) is 0 Å². The Morgan fingerprint density at radius 1 is 0.526 bits per heavy atom. The van der Waals surface area contributed by atoms with Gasteiger partial charge in [0, 0.05) is 45.4 Å². The van der Waals surface area contributed by atoms with Gasteiger partial charge in [0.2, 0.25) is 0 Å². The number of esters is 2. The molecule has 0 bridgehead atoms. The van der Waals surface area contributed by atoms with Crippen LogP contribution in [0.5, 0.6) is 0 Å². The van der Waals surface area contributed by atoms with E-state index in [-0.39, 0.29) is 57.4 Å². The first-order valence-electron chi connectivity index (χ1n) is 22.1. The maximum absolute atomic E-state index is 12.3. The number of carbonyl (C=O) groups is 3. The van der Waals surface area contributed by atoms with Crippen molar-refractivity contribution in [2.24, 2.45) is 41.6 Å². The van der Waals surface area contributed by atoms with E-state index in [1.165, 1.54) is 62.7 Å². The number of aliphatic hydroxyl groups is 1. The molecule has 0 atom stereocenters. The second-order valence-electron chi connectivity index (χ2n) is 16.1. The highest BCUT2D eigenvalue weighted by Gasteiger charge is 2.24. The first-order chi connectivity index (χ1) is 36.2. The van der Waals surface area contributed by atoms with Crippen LogP contribution in [0.2, 0.25) is 0 Å². The minimum absolute atomic E-state index is 0.102. The molecule has 0 saturated heterocycles. The third-order valence-corrected chi connectivity index (χ3v) is 10.8. The van der Waals surface area contributed by atoms with E-state index < -0.39 is 24.3 Å². The second-order valence-corrected chi connectivity index (χ2v) is 16.1. The van der Waals surface area contributed by atoms with Crippen LogP contribution in [0.4, 0.5) is 52.1 Å². The fourth-order valence-electron chi connectivity index (χ4n) is 7.06. The molecule has 0 radical (unpaired) electrons. The number of ketones is 1. The Labute approximate surface area is 429 Å². The molecular weight excluding hydrogens is 991 g/mol. The first-order valence-corrected chi connectivity index (χ1v) is 22.1. The van der Waals surface area contributed by atoms with E-state index in [0.717, 1.165) is 11.4 Å². The number of nitrogen functional groups attached to an aromatic ring is 5. The molecule has 9 rings (SSSR count). The predicted molar refractivity (Wildman–Crippen MR) is 270 cm³/mol. The van der Waals surface area contributed by atoms with Crippen LogP contribution in [-0.4, -0.2) is 132 Å². The molecule has 0 spiro atoms. The molecule has 11 N–H and O–H groups in total. The average Bonchev–Trinajstić information content (AvgIpc) is 4.28. The Hall–Kier alpha value is -10.6. The molecule has 76 heavy (non-hydrogen) atoms. The van der Waals surface area contributed by atoms with Gasteiger partial charge in [-0.2, -0.15) is 54.4 Å². The molecule has 0 aromatic carbocycles. The number of nitrogens with two attached hydrogens (primary N) is 5. The molecule has 0 amide bonds.